The predicted molar refractivity (Wildman–Crippen MR) is 121 cm³/mol. The van der Waals surface area contributed by atoms with Crippen molar-refractivity contribution in [3.63, 3.8) is 0 Å². The number of aliphatic hydroxyl groups is 2. The molecule has 2 atom stereocenters. The Balaban J connectivity index is 1.46. The lowest BCUT2D eigenvalue weighted by Gasteiger charge is -2.36. The third-order valence-electron chi connectivity index (χ3n) is 6.38. The zero-order valence-corrected chi connectivity index (χ0v) is 18.6. The first-order valence-electron chi connectivity index (χ1n) is 11.2. The van der Waals surface area contributed by atoms with Crippen molar-refractivity contribution in [1.29, 1.82) is 0 Å². The number of hydrogen-bond acceptors (Lipinski definition) is 4. The Bertz CT molecular complexity index is 1080. The number of β-amino-alcohol motifs (C(OH)–C–C–N with tert-alkyl or cyclic N) is 1. The monoisotopic (exact) mass is 472 g/mol. The number of alkyl halides is 3. The van der Waals surface area contributed by atoms with Crippen molar-refractivity contribution in [2.75, 3.05) is 19.6 Å². The van der Waals surface area contributed by atoms with Gasteiger partial charge in [-0.05, 0) is 28.7 Å². The standard InChI is InChI=1S/C26H27F3N2O3/c27-26(28,29)24(33)31(16-19-8-2-1-3-9-19)15-7-14-30-17-20-10-4-5-13-22(20)25(34,23(32)18-30)21-11-6-12-21/h1-6,8-13,23,32,34H,7,14-18H2. The van der Waals surface area contributed by atoms with E-state index in [1.165, 1.54) is 0 Å². The van der Waals surface area contributed by atoms with Crippen LogP contribution in [0.5, 0.6) is 0 Å². The molecular formula is C26H27F3N2O3. The number of allylic oxidation sites excluding steroid dienone is 2. The number of amides is 1. The van der Waals surface area contributed by atoms with Crippen molar-refractivity contribution in [3.05, 3.63) is 95.1 Å². The lowest BCUT2D eigenvalue weighted by atomic mass is 9.77. The number of nitrogens with zero attached hydrogens (tertiary/aromatic N) is 2. The van der Waals surface area contributed by atoms with Crippen LogP contribution in [0.25, 0.3) is 0 Å². The molecule has 2 aromatic carbocycles. The second-order valence-electron chi connectivity index (χ2n) is 8.72. The fourth-order valence-corrected chi connectivity index (χ4v) is 4.58. The van der Waals surface area contributed by atoms with E-state index < -0.39 is 23.8 Å². The maximum atomic E-state index is 13.2. The van der Waals surface area contributed by atoms with Crippen LogP contribution in [-0.4, -0.2) is 57.8 Å². The zero-order valence-electron chi connectivity index (χ0n) is 18.6. The third kappa shape index (κ3) is 4.94. The number of hydrogen-bond donors (Lipinski definition) is 2. The predicted octanol–water partition coefficient (Wildman–Crippen LogP) is 3.53. The van der Waals surface area contributed by atoms with Crippen molar-refractivity contribution in [2.24, 2.45) is 0 Å². The minimum atomic E-state index is -4.95. The Kier molecular flexibility index (Phi) is 6.93. The second-order valence-corrected chi connectivity index (χ2v) is 8.72. The summed E-state index contributed by atoms with van der Waals surface area (Å²) in [4.78, 5) is 14.7. The number of halogens is 3. The first-order chi connectivity index (χ1) is 16.2. The summed E-state index contributed by atoms with van der Waals surface area (Å²) in [6, 6.07) is 15.9. The first-order valence-corrected chi connectivity index (χ1v) is 11.2. The maximum Gasteiger partial charge on any atom is 0.471 e. The normalized spacial score (nSPS) is 22.4. The van der Waals surface area contributed by atoms with Crippen LogP contribution in [0.2, 0.25) is 0 Å². The van der Waals surface area contributed by atoms with Gasteiger partial charge in [-0.25, -0.2) is 0 Å². The molecule has 1 aliphatic carbocycles. The van der Waals surface area contributed by atoms with Gasteiger partial charge < -0.3 is 15.1 Å². The summed E-state index contributed by atoms with van der Waals surface area (Å²) in [7, 11) is 0. The highest BCUT2D eigenvalue weighted by Crippen LogP contribution is 2.41. The smallest absolute Gasteiger partial charge is 0.388 e. The van der Waals surface area contributed by atoms with Gasteiger partial charge in [-0.1, -0.05) is 72.8 Å². The van der Waals surface area contributed by atoms with Gasteiger partial charge in [0.2, 0.25) is 0 Å². The van der Waals surface area contributed by atoms with E-state index >= 15 is 0 Å². The van der Waals surface area contributed by atoms with Crippen molar-refractivity contribution in [2.45, 2.75) is 37.4 Å². The Labute approximate surface area is 196 Å². The molecule has 0 saturated carbocycles. The Morgan fingerprint density at radius 3 is 2.44 bits per heavy atom. The Morgan fingerprint density at radius 1 is 1.12 bits per heavy atom. The lowest BCUT2D eigenvalue weighted by Crippen LogP contribution is -2.46. The van der Waals surface area contributed by atoms with Gasteiger partial charge in [-0.15, -0.1) is 0 Å². The molecule has 5 nitrogen and oxygen atoms in total. The van der Waals surface area contributed by atoms with E-state index in [-0.39, 0.29) is 26.1 Å². The van der Waals surface area contributed by atoms with Gasteiger partial charge in [0.1, 0.15) is 11.7 Å². The highest BCUT2D eigenvalue weighted by atomic mass is 19.4. The molecule has 2 N–H and O–H groups in total. The minimum Gasteiger partial charge on any atom is -0.388 e. The minimum absolute atomic E-state index is 0.0837. The van der Waals surface area contributed by atoms with E-state index in [4.69, 9.17) is 0 Å². The molecule has 0 aromatic heterocycles. The van der Waals surface area contributed by atoms with Crippen molar-refractivity contribution in [1.82, 2.24) is 9.80 Å². The van der Waals surface area contributed by atoms with E-state index in [9.17, 15) is 28.2 Å². The van der Waals surface area contributed by atoms with Gasteiger partial charge >= 0.3 is 12.1 Å². The van der Waals surface area contributed by atoms with Crippen LogP contribution in [0, 0.1) is 0 Å². The molecular weight excluding hydrogens is 445 g/mol. The molecule has 0 bridgehead atoms. The van der Waals surface area contributed by atoms with Crippen molar-refractivity contribution >= 4 is 5.91 Å². The van der Waals surface area contributed by atoms with E-state index in [0.29, 0.717) is 29.8 Å². The lowest BCUT2D eigenvalue weighted by molar-refractivity contribution is -0.186. The fourth-order valence-electron chi connectivity index (χ4n) is 4.58. The van der Waals surface area contributed by atoms with Gasteiger partial charge in [0, 0.05) is 32.7 Å². The topological polar surface area (TPSA) is 64.0 Å². The fraction of sp³-hybridized carbons (Fsp3) is 0.346. The number of fused-ring (bicyclic) bond motifs is 1. The van der Waals surface area contributed by atoms with E-state index in [1.54, 1.807) is 60.7 Å². The average Bonchev–Trinajstić information content (AvgIpc) is 2.86. The second kappa shape index (κ2) is 9.74. The van der Waals surface area contributed by atoms with Crippen molar-refractivity contribution < 1.29 is 28.2 Å². The Morgan fingerprint density at radius 2 is 1.79 bits per heavy atom. The average molecular weight is 473 g/mol. The summed E-state index contributed by atoms with van der Waals surface area (Å²) in [6.45, 7) is 0.706. The number of carbonyl (C=O) groups is 1. The van der Waals surface area contributed by atoms with E-state index in [1.807, 2.05) is 17.0 Å². The molecule has 2 unspecified atom stereocenters. The van der Waals surface area contributed by atoms with Crippen LogP contribution in [0.4, 0.5) is 13.2 Å². The Hall–Kier alpha value is -2.94. The highest BCUT2D eigenvalue weighted by Gasteiger charge is 2.45. The number of rotatable bonds is 7. The summed E-state index contributed by atoms with van der Waals surface area (Å²) in [5.41, 5.74) is 1.16. The maximum absolute atomic E-state index is 13.2. The summed E-state index contributed by atoms with van der Waals surface area (Å²) in [6.07, 6.45) is -0.466. The summed E-state index contributed by atoms with van der Waals surface area (Å²) in [5.74, 6) is -1.87. The third-order valence-corrected chi connectivity index (χ3v) is 6.38. The molecule has 8 heteroatoms. The number of benzene rings is 2. The molecule has 180 valence electrons. The van der Waals surface area contributed by atoms with Crippen molar-refractivity contribution in [3.8, 4) is 0 Å². The zero-order chi connectivity index (χ0) is 24.3. The number of carbonyl (C=O) groups excluding carboxylic acids is 1. The summed E-state index contributed by atoms with van der Waals surface area (Å²) < 4.78 is 39.5. The largest absolute Gasteiger partial charge is 0.471 e. The van der Waals surface area contributed by atoms with Crippen LogP contribution < -0.4 is 0 Å². The van der Waals surface area contributed by atoms with Gasteiger partial charge in [0.25, 0.3) is 0 Å². The summed E-state index contributed by atoms with van der Waals surface area (Å²) >= 11 is 0. The quantitative estimate of drug-likeness (QED) is 0.647. The first kappa shape index (κ1) is 24.2. The van der Waals surface area contributed by atoms with Gasteiger partial charge in [0.15, 0.2) is 0 Å². The molecule has 1 heterocycles. The molecule has 4 rings (SSSR count). The van der Waals surface area contributed by atoms with Gasteiger partial charge in [0.05, 0.1) is 0 Å². The molecule has 0 spiro atoms. The van der Waals surface area contributed by atoms with E-state index in [2.05, 4.69) is 0 Å². The number of aliphatic hydroxyl groups excluding tert-OH is 1. The molecule has 1 aliphatic heterocycles. The van der Waals surface area contributed by atoms with Crippen LogP contribution in [0.1, 0.15) is 23.1 Å². The SMILES string of the molecule is O=C(N(CCCN1Cc2ccccc2C(O)(C2=CC=C2)C(O)C1)Cc1ccccc1)C(F)(F)F. The van der Waals surface area contributed by atoms with Crippen LogP contribution in [0.15, 0.2) is 78.4 Å². The van der Waals surface area contributed by atoms with Gasteiger partial charge in [-0.3, -0.25) is 9.69 Å². The molecule has 0 fully saturated rings. The van der Waals surface area contributed by atoms with E-state index in [0.717, 1.165) is 10.5 Å². The molecule has 0 radical (unpaired) electrons. The molecule has 34 heavy (non-hydrogen) atoms. The van der Waals surface area contributed by atoms with Gasteiger partial charge in [-0.2, -0.15) is 13.2 Å². The summed E-state index contributed by atoms with van der Waals surface area (Å²) in [5, 5.41) is 22.5. The van der Waals surface area contributed by atoms with Crippen LogP contribution in [-0.2, 0) is 23.5 Å². The van der Waals surface area contributed by atoms with Crippen LogP contribution >= 0.6 is 0 Å². The highest BCUT2D eigenvalue weighted by molar-refractivity contribution is 5.81. The molecule has 2 aromatic rings. The molecule has 2 aliphatic rings. The molecule has 1 amide bonds. The van der Waals surface area contributed by atoms with Crippen LogP contribution in [0.3, 0.4) is 0 Å². The molecule has 0 saturated heterocycles.